The van der Waals surface area contributed by atoms with Gasteiger partial charge < -0.3 is 5.11 Å². The first-order valence-electron chi connectivity index (χ1n) is 12.9. The van der Waals surface area contributed by atoms with Gasteiger partial charge in [-0.15, -0.1) is 0 Å². The topological polar surface area (TPSA) is 37.3 Å². The van der Waals surface area contributed by atoms with E-state index in [9.17, 15) is 9.90 Å². The first-order chi connectivity index (χ1) is 13.7. The van der Waals surface area contributed by atoms with Crippen molar-refractivity contribution in [1.29, 1.82) is 0 Å². The molecule has 0 amide bonds. The average molecular weight is 403 g/mol. The first kappa shape index (κ1) is 21.8. The Kier molecular flexibility index (Phi) is 5.99. The van der Waals surface area contributed by atoms with E-state index in [-0.39, 0.29) is 17.4 Å². The fourth-order valence-corrected chi connectivity index (χ4v) is 9.17. The highest BCUT2D eigenvalue weighted by atomic mass is 16.3. The summed E-state index contributed by atoms with van der Waals surface area (Å²) in [4.78, 5) is 13.2. The molecule has 0 radical (unpaired) electrons. The maximum Gasteiger partial charge on any atom is 0.136 e. The summed E-state index contributed by atoms with van der Waals surface area (Å²) < 4.78 is 0. The Balaban J connectivity index is 1.51. The smallest absolute Gasteiger partial charge is 0.136 e. The Morgan fingerprint density at radius 2 is 1.69 bits per heavy atom. The molecule has 29 heavy (non-hydrogen) atoms. The van der Waals surface area contributed by atoms with E-state index in [1.807, 2.05) is 0 Å². The minimum atomic E-state index is -0.187. The quantitative estimate of drug-likeness (QED) is 0.559. The zero-order valence-electron chi connectivity index (χ0n) is 19.8. The second-order valence-corrected chi connectivity index (χ2v) is 12.6. The summed E-state index contributed by atoms with van der Waals surface area (Å²) >= 11 is 0. The van der Waals surface area contributed by atoms with Gasteiger partial charge in [0, 0.05) is 12.3 Å². The van der Waals surface area contributed by atoms with Crippen LogP contribution in [0.4, 0.5) is 0 Å². The maximum absolute atomic E-state index is 13.2. The van der Waals surface area contributed by atoms with Crippen LogP contribution in [0.2, 0.25) is 0 Å². The standard InChI is InChI=1S/C27H46O2/c1-17(2)7-6-8-18(3)21-11-12-22-20-15-25(29)24-10-9-19(28)16-27(24,5)23(20)13-14-26(21,22)4/h17-24,28H,6-16H2,1-5H3/t18-,19+,20+,21-,22+,23+,24-,26-,27-/m1/s1. The number of aliphatic hydroxyl groups is 1. The molecule has 166 valence electrons. The highest BCUT2D eigenvalue weighted by molar-refractivity contribution is 5.83. The third kappa shape index (κ3) is 3.64. The van der Waals surface area contributed by atoms with E-state index in [4.69, 9.17) is 0 Å². The number of carbonyl (C=O) groups excluding carboxylic acids is 1. The number of hydrogen-bond acceptors (Lipinski definition) is 2. The molecule has 2 nitrogen and oxygen atoms in total. The largest absolute Gasteiger partial charge is 0.393 e. The molecule has 0 saturated heterocycles. The molecule has 1 N–H and O–H groups in total. The van der Waals surface area contributed by atoms with E-state index in [0.717, 1.165) is 49.4 Å². The van der Waals surface area contributed by atoms with E-state index in [1.165, 1.54) is 44.9 Å². The Bertz CT molecular complexity index is 612. The molecule has 9 atom stereocenters. The van der Waals surface area contributed by atoms with Crippen molar-refractivity contribution in [3.8, 4) is 0 Å². The lowest BCUT2D eigenvalue weighted by atomic mass is 9.44. The number of carbonyl (C=O) groups is 1. The van der Waals surface area contributed by atoms with Crippen LogP contribution in [0, 0.1) is 52.3 Å². The molecule has 0 aromatic carbocycles. The van der Waals surface area contributed by atoms with Crippen molar-refractivity contribution >= 4 is 5.78 Å². The van der Waals surface area contributed by atoms with Gasteiger partial charge >= 0.3 is 0 Å². The Hall–Kier alpha value is -0.370. The lowest BCUT2D eigenvalue weighted by Crippen LogP contribution is -2.57. The van der Waals surface area contributed by atoms with Gasteiger partial charge in [0.25, 0.3) is 0 Å². The highest BCUT2D eigenvalue weighted by Crippen LogP contribution is 2.67. The lowest BCUT2D eigenvalue weighted by molar-refractivity contribution is -0.160. The van der Waals surface area contributed by atoms with Crippen LogP contribution in [0.25, 0.3) is 0 Å². The fraction of sp³-hybridized carbons (Fsp3) is 0.963. The van der Waals surface area contributed by atoms with Crippen molar-refractivity contribution in [2.24, 2.45) is 52.3 Å². The van der Waals surface area contributed by atoms with Gasteiger partial charge in [0.2, 0.25) is 0 Å². The van der Waals surface area contributed by atoms with Crippen molar-refractivity contribution in [2.45, 2.75) is 111 Å². The molecule has 4 aliphatic rings. The van der Waals surface area contributed by atoms with E-state index in [0.29, 0.717) is 23.0 Å². The van der Waals surface area contributed by atoms with Crippen molar-refractivity contribution < 1.29 is 9.90 Å². The lowest BCUT2D eigenvalue weighted by Gasteiger charge is -2.60. The van der Waals surface area contributed by atoms with Crippen LogP contribution in [-0.4, -0.2) is 17.0 Å². The summed E-state index contributed by atoms with van der Waals surface area (Å²) in [6.45, 7) is 12.2. The molecule has 0 heterocycles. The van der Waals surface area contributed by atoms with Crippen LogP contribution < -0.4 is 0 Å². The van der Waals surface area contributed by atoms with Gasteiger partial charge in [0.05, 0.1) is 6.10 Å². The minimum Gasteiger partial charge on any atom is -0.393 e. The van der Waals surface area contributed by atoms with Crippen LogP contribution in [0.3, 0.4) is 0 Å². The predicted octanol–water partition coefficient (Wildman–Crippen LogP) is 6.65. The average Bonchev–Trinajstić information content (AvgIpc) is 2.98. The maximum atomic E-state index is 13.2. The number of ketones is 1. The zero-order valence-corrected chi connectivity index (χ0v) is 19.8. The monoisotopic (exact) mass is 402 g/mol. The summed E-state index contributed by atoms with van der Waals surface area (Å²) in [5.74, 6) is 5.23. The number of Topliss-reactive ketones (excluding diaryl/α,β-unsaturated/α-hetero) is 1. The van der Waals surface area contributed by atoms with Gasteiger partial charge in [-0.25, -0.2) is 0 Å². The number of aliphatic hydroxyl groups excluding tert-OH is 1. The summed E-state index contributed by atoms with van der Waals surface area (Å²) in [5, 5.41) is 10.5. The molecule has 0 unspecified atom stereocenters. The second kappa shape index (κ2) is 7.95. The van der Waals surface area contributed by atoms with E-state index in [2.05, 4.69) is 34.6 Å². The molecule has 4 saturated carbocycles. The molecule has 0 aliphatic heterocycles. The van der Waals surface area contributed by atoms with E-state index in [1.54, 1.807) is 0 Å². The van der Waals surface area contributed by atoms with E-state index >= 15 is 0 Å². The SMILES string of the molecule is CC(C)CCC[C@@H](C)[C@H]1CC[C@H]2[C@@H]3CC(=O)[C@H]4CC[C@H](O)C[C@]4(C)[C@H]3CC[C@]12C. The third-order valence-corrected chi connectivity index (χ3v) is 10.6. The fourth-order valence-electron chi connectivity index (χ4n) is 9.17. The van der Waals surface area contributed by atoms with Crippen molar-refractivity contribution in [3.63, 3.8) is 0 Å². The van der Waals surface area contributed by atoms with Gasteiger partial charge in [0.1, 0.15) is 5.78 Å². The van der Waals surface area contributed by atoms with Crippen LogP contribution in [0.15, 0.2) is 0 Å². The van der Waals surface area contributed by atoms with Gasteiger partial charge in [-0.1, -0.05) is 53.9 Å². The van der Waals surface area contributed by atoms with Gasteiger partial charge in [-0.3, -0.25) is 4.79 Å². The minimum absolute atomic E-state index is 0.0555. The van der Waals surface area contributed by atoms with Gasteiger partial charge in [-0.05, 0) is 91.3 Å². The van der Waals surface area contributed by atoms with Gasteiger partial charge in [-0.2, -0.15) is 0 Å². The molecule has 0 aromatic heterocycles. The summed E-state index contributed by atoms with van der Waals surface area (Å²) in [7, 11) is 0. The van der Waals surface area contributed by atoms with Crippen LogP contribution >= 0.6 is 0 Å². The molecule has 4 rings (SSSR count). The number of hydrogen-bond donors (Lipinski definition) is 1. The molecule has 2 heteroatoms. The van der Waals surface area contributed by atoms with Crippen LogP contribution in [-0.2, 0) is 4.79 Å². The highest BCUT2D eigenvalue weighted by Gasteiger charge is 2.62. The molecular formula is C27H46O2. The van der Waals surface area contributed by atoms with E-state index < -0.39 is 0 Å². The summed E-state index contributed by atoms with van der Waals surface area (Å²) in [6, 6.07) is 0. The molecule has 0 aromatic rings. The molecule has 4 fully saturated rings. The second-order valence-electron chi connectivity index (χ2n) is 12.6. The molecular weight excluding hydrogens is 356 g/mol. The molecule has 0 spiro atoms. The van der Waals surface area contributed by atoms with Crippen molar-refractivity contribution in [2.75, 3.05) is 0 Å². The van der Waals surface area contributed by atoms with Gasteiger partial charge in [0.15, 0.2) is 0 Å². The summed E-state index contributed by atoms with van der Waals surface area (Å²) in [5.41, 5.74) is 0.495. The predicted molar refractivity (Wildman–Crippen MR) is 119 cm³/mol. The van der Waals surface area contributed by atoms with Crippen molar-refractivity contribution in [3.05, 3.63) is 0 Å². The molecule has 0 bridgehead atoms. The summed E-state index contributed by atoms with van der Waals surface area (Å²) in [6.07, 6.45) is 12.8. The van der Waals surface area contributed by atoms with Crippen molar-refractivity contribution in [1.82, 2.24) is 0 Å². The van der Waals surface area contributed by atoms with Crippen LogP contribution in [0.5, 0.6) is 0 Å². The first-order valence-corrected chi connectivity index (χ1v) is 12.9. The number of fused-ring (bicyclic) bond motifs is 5. The Morgan fingerprint density at radius 3 is 2.41 bits per heavy atom. The normalized spacial score (nSPS) is 48.2. The number of rotatable bonds is 5. The Morgan fingerprint density at radius 1 is 0.966 bits per heavy atom. The molecule has 4 aliphatic carbocycles. The van der Waals surface area contributed by atoms with Crippen LogP contribution in [0.1, 0.15) is 105 Å². The Labute approximate surface area is 179 Å². The third-order valence-electron chi connectivity index (χ3n) is 10.6. The zero-order chi connectivity index (χ0) is 21.0.